The predicted molar refractivity (Wildman–Crippen MR) is 54.4 cm³/mol. The summed E-state index contributed by atoms with van der Waals surface area (Å²) in [6.07, 6.45) is 1.87. The normalized spacial score (nSPS) is 7.73. The van der Waals surface area contributed by atoms with Crippen molar-refractivity contribution in [2.24, 2.45) is 7.05 Å². The molecule has 0 aromatic carbocycles. The zero-order chi connectivity index (χ0) is 8.15. The Balaban J connectivity index is 0. The van der Waals surface area contributed by atoms with Crippen LogP contribution in [0, 0.1) is 13.8 Å². The van der Waals surface area contributed by atoms with Gasteiger partial charge in [0.1, 0.15) is 0 Å². The van der Waals surface area contributed by atoms with Crippen LogP contribution in [0.15, 0.2) is 6.20 Å². The summed E-state index contributed by atoms with van der Waals surface area (Å²) in [4.78, 5) is 0. The third-order valence-electron chi connectivity index (χ3n) is 1.48. The van der Waals surface area contributed by atoms with Gasteiger partial charge >= 0.3 is 0 Å². The van der Waals surface area contributed by atoms with Gasteiger partial charge in [0, 0.05) is 12.7 Å². The highest BCUT2D eigenvalue weighted by Gasteiger charge is 1.93. The summed E-state index contributed by atoms with van der Waals surface area (Å²) in [6.45, 7) is 8.12. The van der Waals surface area contributed by atoms with Crippen LogP contribution in [-0.2, 0) is 7.05 Å². The van der Waals surface area contributed by atoms with Crippen molar-refractivity contribution in [3.05, 3.63) is 17.5 Å². The number of nitrogens with zero attached hydrogens (tertiary/aromatic N) is 2. The lowest BCUT2D eigenvalue weighted by atomic mass is 10.3. The maximum Gasteiger partial charge on any atom is 0.0521 e. The Hall–Kier alpha value is -0.440. The number of rotatable bonds is 0. The predicted octanol–water partition coefficient (Wildman–Crippen LogP) is 2.18. The number of aryl methyl sites for hydroxylation is 2. The zero-order valence-corrected chi connectivity index (χ0v) is 8.97. The Labute approximate surface area is 76.1 Å². The van der Waals surface area contributed by atoms with Crippen LogP contribution < -0.4 is 0 Å². The molecule has 0 aliphatic heterocycles. The molecule has 3 heteroatoms. The minimum absolute atomic E-state index is 0. The zero-order valence-electron chi connectivity index (χ0n) is 7.97. The summed E-state index contributed by atoms with van der Waals surface area (Å²) in [5, 5.41) is 4.03. The van der Waals surface area contributed by atoms with E-state index >= 15 is 0 Å². The van der Waals surface area contributed by atoms with E-state index in [1.165, 1.54) is 11.3 Å². The van der Waals surface area contributed by atoms with Gasteiger partial charge in [-0.2, -0.15) is 18.6 Å². The van der Waals surface area contributed by atoms with E-state index in [1.807, 2.05) is 31.8 Å². The van der Waals surface area contributed by atoms with Gasteiger partial charge in [-0.05, 0) is 19.4 Å². The van der Waals surface area contributed by atoms with Crippen LogP contribution in [0.5, 0.6) is 0 Å². The summed E-state index contributed by atoms with van der Waals surface area (Å²) < 4.78 is 1.87. The molecule has 1 aromatic heterocycles. The summed E-state index contributed by atoms with van der Waals surface area (Å²) in [5.74, 6) is 0. The Morgan fingerprint density at radius 2 is 1.73 bits per heavy atom. The van der Waals surface area contributed by atoms with Crippen molar-refractivity contribution in [2.75, 3.05) is 0 Å². The minimum Gasteiger partial charge on any atom is -0.273 e. The van der Waals surface area contributed by atoms with Gasteiger partial charge in [-0.1, -0.05) is 13.8 Å². The molecule has 0 saturated heterocycles. The SMILES string of the molecule is CC.Cc1cnn(C)c1C.S. The minimum atomic E-state index is 0. The molecular weight excluding hydrogens is 156 g/mol. The molecule has 0 fully saturated rings. The number of hydrogen-bond donors (Lipinski definition) is 0. The van der Waals surface area contributed by atoms with Gasteiger partial charge in [-0.3, -0.25) is 4.68 Å². The molecule has 0 radical (unpaired) electrons. The fourth-order valence-corrected chi connectivity index (χ4v) is 0.608. The van der Waals surface area contributed by atoms with Gasteiger partial charge in [-0.25, -0.2) is 0 Å². The van der Waals surface area contributed by atoms with Crippen LogP contribution in [-0.4, -0.2) is 9.78 Å². The summed E-state index contributed by atoms with van der Waals surface area (Å²) >= 11 is 0. The highest BCUT2D eigenvalue weighted by molar-refractivity contribution is 7.59. The van der Waals surface area contributed by atoms with Gasteiger partial charge in [0.05, 0.1) is 6.20 Å². The molecule has 1 rings (SSSR count). The third-order valence-corrected chi connectivity index (χ3v) is 1.48. The standard InChI is InChI=1S/C6H10N2.C2H6.H2S/c1-5-4-7-8(3)6(5)2;1-2;/h4H,1-3H3;1-2H3;1H2. The maximum absolute atomic E-state index is 4.03. The highest BCUT2D eigenvalue weighted by Crippen LogP contribution is 2.00. The van der Waals surface area contributed by atoms with E-state index in [1.54, 1.807) is 0 Å². The Morgan fingerprint density at radius 3 is 1.82 bits per heavy atom. The first-order valence-electron chi connectivity index (χ1n) is 3.67. The van der Waals surface area contributed by atoms with Crippen LogP contribution in [0.25, 0.3) is 0 Å². The largest absolute Gasteiger partial charge is 0.273 e. The van der Waals surface area contributed by atoms with Crippen molar-refractivity contribution in [1.29, 1.82) is 0 Å². The lowest BCUT2D eigenvalue weighted by molar-refractivity contribution is 0.739. The second-order valence-electron chi connectivity index (χ2n) is 2.04. The van der Waals surface area contributed by atoms with Crippen molar-refractivity contribution < 1.29 is 0 Å². The monoisotopic (exact) mass is 174 g/mol. The topological polar surface area (TPSA) is 17.8 Å². The molecule has 1 heterocycles. The van der Waals surface area contributed by atoms with Crippen LogP contribution >= 0.6 is 13.5 Å². The number of hydrogen-bond acceptors (Lipinski definition) is 1. The van der Waals surface area contributed by atoms with E-state index in [9.17, 15) is 0 Å². The second-order valence-corrected chi connectivity index (χ2v) is 2.04. The number of aromatic nitrogens is 2. The molecule has 11 heavy (non-hydrogen) atoms. The maximum atomic E-state index is 4.03. The molecule has 0 aliphatic carbocycles. The Morgan fingerprint density at radius 1 is 1.27 bits per heavy atom. The molecule has 0 amide bonds. The fourth-order valence-electron chi connectivity index (χ4n) is 0.608. The molecule has 0 atom stereocenters. The van der Waals surface area contributed by atoms with Crippen molar-refractivity contribution in [3.63, 3.8) is 0 Å². The summed E-state index contributed by atoms with van der Waals surface area (Å²) in [6, 6.07) is 0. The van der Waals surface area contributed by atoms with E-state index in [0.717, 1.165) is 0 Å². The smallest absolute Gasteiger partial charge is 0.0521 e. The quantitative estimate of drug-likeness (QED) is 0.589. The first-order chi connectivity index (χ1) is 4.72. The van der Waals surface area contributed by atoms with Crippen molar-refractivity contribution >= 4 is 13.5 Å². The molecular formula is C8H18N2S. The van der Waals surface area contributed by atoms with E-state index in [-0.39, 0.29) is 13.5 Å². The van der Waals surface area contributed by atoms with E-state index in [2.05, 4.69) is 18.9 Å². The lowest BCUT2D eigenvalue weighted by Gasteiger charge is -1.90. The van der Waals surface area contributed by atoms with Crippen LogP contribution in [0.4, 0.5) is 0 Å². The molecule has 0 N–H and O–H groups in total. The molecule has 0 saturated carbocycles. The van der Waals surface area contributed by atoms with E-state index in [0.29, 0.717) is 0 Å². The van der Waals surface area contributed by atoms with Gasteiger partial charge in [0.2, 0.25) is 0 Å². The van der Waals surface area contributed by atoms with Crippen LogP contribution in [0.2, 0.25) is 0 Å². The third kappa shape index (κ3) is 3.46. The molecule has 1 aromatic rings. The molecule has 0 bridgehead atoms. The van der Waals surface area contributed by atoms with E-state index in [4.69, 9.17) is 0 Å². The highest BCUT2D eigenvalue weighted by atomic mass is 32.1. The first kappa shape index (κ1) is 13.2. The first-order valence-corrected chi connectivity index (χ1v) is 3.67. The summed E-state index contributed by atoms with van der Waals surface area (Å²) in [7, 11) is 1.95. The molecule has 66 valence electrons. The molecule has 0 spiro atoms. The molecule has 0 unspecified atom stereocenters. The van der Waals surface area contributed by atoms with Crippen LogP contribution in [0.1, 0.15) is 25.1 Å². The Kier molecular flexibility index (Phi) is 7.52. The fraction of sp³-hybridized carbons (Fsp3) is 0.625. The van der Waals surface area contributed by atoms with E-state index < -0.39 is 0 Å². The average molecular weight is 174 g/mol. The average Bonchev–Trinajstić information content (AvgIpc) is 2.25. The van der Waals surface area contributed by atoms with Crippen molar-refractivity contribution in [1.82, 2.24) is 9.78 Å². The molecule has 2 nitrogen and oxygen atoms in total. The lowest BCUT2D eigenvalue weighted by Crippen LogP contribution is -1.91. The van der Waals surface area contributed by atoms with Crippen LogP contribution in [0.3, 0.4) is 0 Å². The molecule has 0 aliphatic rings. The second kappa shape index (κ2) is 6.28. The van der Waals surface area contributed by atoms with Gasteiger partial charge < -0.3 is 0 Å². The van der Waals surface area contributed by atoms with Gasteiger partial charge in [0.25, 0.3) is 0 Å². The van der Waals surface area contributed by atoms with Gasteiger partial charge in [-0.15, -0.1) is 0 Å². The van der Waals surface area contributed by atoms with Crippen molar-refractivity contribution in [2.45, 2.75) is 27.7 Å². The van der Waals surface area contributed by atoms with Crippen molar-refractivity contribution in [3.8, 4) is 0 Å². The van der Waals surface area contributed by atoms with Gasteiger partial charge in [0.15, 0.2) is 0 Å². The Bertz CT molecular complexity index is 174. The summed E-state index contributed by atoms with van der Waals surface area (Å²) in [5.41, 5.74) is 2.50.